The third kappa shape index (κ3) is 7.18. The second-order valence-corrected chi connectivity index (χ2v) is 9.30. The molecule has 0 unspecified atom stereocenters. The molecule has 0 atom stereocenters. The van der Waals surface area contributed by atoms with Crippen molar-refractivity contribution in [2.24, 2.45) is 0 Å². The van der Waals surface area contributed by atoms with Gasteiger partial charge in [-0.2, -0.15) is 0 Å². The summed E-state index contributed by atoms with van der Waals surface area (Å²) in [4.78, 5) is 0. The van der Waals surface area contributed by atoms with Gasteiger partial charge < -0.3 is 4.74 Å². The van der Waals surface area contributed by atoms with Gasteiger partial charge >= 0.3 is 0 Å². The Kier molecular flexibility index (Phi) is 6.54. The predicted molar refractivity (Wildman–Crippen MR) is 88.9 cm³/mol. The van der Waals surface area contributed by atoms with Crippen molar-refractivity contribution in [2.45, 2.75) is 52.4 Å². The fourth-order valence-corrected chi connectivity index (χ4v) is 2.97. The van der Waals surface area contributed by atoms with Gasteiger partial charge in [0.1, 0.15) is 5.75 Å². The molecule has 0 aliphatic heterocycles. The third-order valence-corrected chi connectivity index (χ3v) is 4.47. The number of unbranched alkanes of at least 4 members (excludes halogenated alkanes) is 2. The van der Waals surface area contributed by atoms with Gasteiger partial charge in [-0.15, -0.1) is 0 Å². The van der Waals surface area contributed by atoms with Crippen molar-refractivity contribution in [3.05, 3.63) is 29.3 Å². The Morgan fingerprint density at radius 2 is 1.81 bits per heavy atom. The van der Waals surface area contributed by atoms with Crippen molar-refractivity contribution in [2.75, 3.05) is 12.4 Å². The van der Waals surface area contributed by atoms with Crippen LogP contribution in [0.2, 0.25) is 0 Å². The minimum absolute atomic E-state index is 0.0341. The van der Waals surface area contributed by atoms with E-state index in [0.29, 0.717) is 13.0 Å². The van der Waals surface area contributed by atoms with Crippen LogP contribution in [0, 0.1) is 6.92 Å². The van der Waals surface area contributed by atoms with Crippen molar-refractivity contribution < 1.29 is 13.2 Å². The molecule has 1 aromatic carbocycles. The van der Waals surface area contributed by atoms with Crippen LogP contribution in [-0.4, -0.2) is 20.8 Å². The highest BCUT2D eigenvalue weighted by molar-refractivity contribution is 8.13. The van der Waals surface area contributed by atoms with Crippen molar-refractivity contribution in [1.29, 1.82) is 0 Å². The predicted octanol–water partition coefficient (Wildman–Crippen LogP) is 4.41. The molecule has 3 nitrogen and oxygen atoms in total. The van der Waals surface area contributed by atoms with Crippen LogP contribution in [0.5, 0.6) is 5.75 Å². The zero-order valence-corrected chi connectivity index (χ0v) is 14.9. The summed E-state index contributed by atoms with van der Waals surface area (Å²) in [5, 5.41) is 0. The first-order chi connectivity index (χ1) is 9.59. The van der Waals surface area contributed by atoms with Gasteiger partial charge in [-0.1, -0.05) is 38.5 Å². The van der Waals surface area contributed by atoms with E-state index in [1.807, 2.05) is 12.1 Å². The van der Waals surface area contributed by atoms with Crippen LogP contribution in [0.3, 0.4) is 0 Å². The van der Waals surface area contributed by atoms with Crippen LogP contribution in [0.25, 0.3) is 0 Å². The number of benzene rings is 1. The summed E-state index contributed by atoms with van der Waals surface area (Å²) in [5.41, 5.74) is 2.46. The van der Waals surface area contributed by atoms with E-state index in [1.54, 1.807) is 0 Å². The maximum Gasteiger partial charge on any atom is 0.232 e. The molecule has 0 heterocycles. The molecule has 120 valence electrons. The van der Waals surface area contributed by atoms with E-state index in [-0.39, 0.29) is 11.2 Å². The van der Waals surface area contributed by atoms with E-state index in [1.165, 1.54) is 11.1 Å². The van der Waals surface area contributed by atoms with E-state index < -0.39 is 9.05 Å². The van der Waals surface area contributed by atoms with E-state index in [9.17, 15) is 8.42 Å². The fraction of sp³-hybridized carbons (Fsp3) is 0.625. The lowest BCUT2D eigenvalue weighted by molar-refractivity contribution is 0.298. The van der Waals surface area contributed by atoms with Gasteiger partial charge in [-0.05, 0) is 43.2 Å². The van der Waals surface area contributed by atoms with Crippen molar-refractivity contribution >= 4 is 19.7 Å². The van der Waals surface area contributed by atoms with Crippen LogP contribution in [0.1, 0.15) is 51.2 Å². The Hall–Kier alpha value is -0.740. The van der Waals surface area contributed by atoms with Crippen LogP contribution in [-0.2, 0) is 14.5 Å². The minimum Gasteiger partial charge on any atom is -0.493 e. The molecule has 0 amide bonds. The van der Waals surface area contributed by atoms with Gasteiger partial charge in [-0.3, -0.25) is 0 Å². The molecule has 0 saturated carbocycles. The Balaban J connectivity index is 2.49. The van der Waals surface area contributed by atoms with E-state index in [4.69, 9.17) is 15.4 Å². The third-order valence-electron chi connectivity index (χ3n) is 3.23. The molecule has 1 aromatic rings. The molecule has 1 rings (SSSR count). The van der Waals surface area contributed by atoms with E-state index in [0.717, 1.165) is 18.6 Å². The fourth-order valence-electron chi connectivity index (χ4n) is 2.09. The topological polar surface area (TPSA) is 43.4 Å². The summed E-state index contributed by atoms with van der Waals surface area (Å²) in [6.45, 7) is 9.17. The summed E-state index contributed by atoms with van der Waals surface area (Å²) in [6.07, 6.45) is 2.20. The molecular weight excluding hydrogens is 308 g/mol. The zero-order valence-electron chi connectivity index (χ0n) is 13.3. The quantitative estimate of drug-likeness (QED) is 0.548. The molecule has 0 aliphatic rings. The second-order valence-electron chi connectivity index (χ2n) is 6.40. The minimum atomic E-state index is -3.36. The van der Waals surface area contributed by atoms with Crippen molar-refractivity contribution in [3.8, 4) is 5.75 Å². The number of aryl methyl sites for hydroxylation is 1. The van der Waals surface area contributed by atoms with Gasteiger partial charge in [0.05, 0.1) is 12.4 Å². The molecule has 0 bridgehead atoms. The van der Waals surface area contributed by atoms with Gasteiger partial charge in [0.2, 0.25) is 9.05 Å². The zero-order chi connectivity index (χ0) is 16.1. The first-order valence-corrected chi connectivity index (χ1v) is 9.74. The SMILES string of the molecule is Cc1ccc(OCCCCCS(=O)(=O)Cl)c(C(C)(C)C)c1. The average Bonchev–Trinajstić information content (AvgIpc) is 2.32. The molecule has 0 aliphatic carbocycles. The highest BCUT2D eigenvalue weighted by atomic mass is 35.7. The highest BCUT2D eigenvalue weighted by Crippen LogP contribution is 2.32. The number of hydrogen-bond donors (Lipinski definition) is 0. The van der Waals surface area contributed by atoms with Gasteiger partial charge in [-0.25, -0.2) is 8.42 Å². The first-order valence-electron chi connectivity index (χ1n) is 7.26. The standard InChI is InChI=1S/C16H25ClO3S/c1-13-8-9-15(14(12-13)16(2,3)4)20-10-6-5-7-11-21(17,18)19/h8-9,12H,5-7,10-11H2,1-4H3. The van der Waals surface area contributed by atoms with Crippen LogP contribution >= 0.6 is 10.7 Å². The van der Waals surface area contributed by atoms with Gasteiger partial charge in [0, 0.05) is 10.7 Å². The molecule has 21 heavy (non-hydrogen) atoms. The molecular formula is C16H25ClO3S. The average molecular weight is 333 g/mol. The van der Waals surface area contributed by atoms with E-state index >= 15 is 0 Å². The number of hydrogen-bond acceptors (Lipinski definition) is 3. The largest absolute Gasteiger partial charge is 0.493 e. The van der Waals surface area contributed by atoms with Crippen LogP contribution in [0.4, 0.5) is 0 Å². The van der Waals surface area contributed by atoms with Crippen molar-refractivity contribution in [3.63, 3.8) is 0 Å². The van der Waals surface area contributed by atoms with Crippen LogP contribution < -0.4 is 4.74 Å². The number of rotatable bonds is 7. The lowest BCUT2D eigenvalue weighted by atomic mass is 9.85. The Labute approximate surface area is 133 Å². The second kappa shape index (κ2) is 7.50. The molecule has 0 radical (unpaired) electrons. The molecule has 0 aromatic heterocycles. The van der Waals surface area contributed by atoms with Gasteiger partial charge in [0.15, 0.2) is 0 Å². The lowest BCUT2D eigenvalue weighted by Crippen LogP contribution is -2.14. The van der Waals surface area contributed by atoms with E-state index in [2.05, 4.69) is 33.8 Å². The van der Waals surface area contributed by atoms with Crippen molar-refractivity contribution in [1.82, 2.24) is 0 Å². The molecule has 0 fully saturated rings. The normalized spacial score (nSPS) is 12.4. The Bertz CT molecular complexity index is 559. The summed E-state index contributed by atoms with van der Waals surface area (Å²) >= 11 is 0. The smallest absolute Gasteiger partial charge is 0.232 e. The van der Waals surface area contributed by atoms with Crippen LogP contribution in [0.15, 0.2) is 18.2 Å². The summed E-state index contributed by atoms with van der Waals surface area (Å²) < 4.78 is 27.5. The molecule has 0 spiro atoms. The first kappa shape index (κ1) is 18.3. The van der Waals surface area contributed by atoms with Gasteiger partial charge in [0.25, 0.3) is 0 Å². The maximum absolute atomic E-state index is 10.8. The summed E-state index contributed by atoms with van der Waals surface area (Å²) in [7, 11) is 1.81. The molecule has 0 N–H and O–H groups in total. The number of halogens is 1. The Morgan fingerprint density at radius 1 is 1.14 bits per heavy atom. The molecule has 0 saturated heterocycles. The molecule has 5 heteroatoms. The lowest BCUT2D eigenvalue weighted by Gasteiger charge is -2.23. The number of ether oxygens (including phenoxy) is 1. The maximum atomic E-state index is 10.8. The summed E-state index contributed by atoms with van der Waals surface area (Å²) in [5.74, 6) is 0.949. The Morgan fingerprint density at radius 3 is 2.38 bits per heavy atom. The highest BCUT2D eigenvalue weighted by Gasteiger charge is 2.19. The monoisotopic (exact) mass is 332 g/mol. The summed E-state index contributed by atoms with van der Waals surface area (Å²) in [6, 6.07) is 6.22.